The summed E-state index contributed by atoms with van der Waals surface area (Å²) in [6, 6.07) is 5.60. The zero-order chi connectivity index (χ0) is 17.4. The Labute approximate surface area is 141 Å². The van der Waals surface area contributed by atoms with Crippen LogP contribution >= 0.6 is 0 Å². The molecule has 0 aliphatic carbocycles. The van der Waals surface area contributed by atoms with Gasteiger partial charge in [0.05, 0.1) is 5.57 Å². The average Bonchev–Trinajstić information content (AvgIpc) is 2.79. The Morgan fingerprint density at radius 2 is 1.79 bits per heavy atom. The smallest absolute Gasteiger partial charge is 0.278 e. The molecular formula is C19H23FN2O2. The molecule has 2 heterocycles. The van der Waals surface area contributed by atoms with Crippen molar-refractivity contribution in [2.45, 2.75) is 39.7 Å². The molecule has 5 heteroatoms. The van der Waals surface area contributed by atoms with E-state index in [0.29, 0.717) is 22.8 Å². The molecule has 0 radical (unpaired) electrons. The minimum atomic E-state index is -0.356. The Hall–Kier alpha value is -2.17. The highest BCUT2D eigenvalue weighted by Gasteiger charge is 2.43. The number of piperidine rings is 1. The molecule has 2 amide bonds. The maximum Gasteiger partial charge on any atom is 0.278 e. The minimum absolute atomic E-state index is 0.208. The zero-order valence-electron chi connectivity index (χ0n) is 14.4. The molecule has 4 nitrogen and oxygen atoms in total. The highest BCUT2D eigenvalue weighted by molar-refractivity contribution is 6.35. The first-order chi connectivity index (χ1) is 11.4. The largest absolute Gasteiger partial charge is 0.366 e. The molecule has 2 aliphatic heterocycles. The van der Waals surface area contributed by atoms with E-state index in [2.05, 4.69) is 6.92 Å². The van der Waals surface area contributed by atoms with E-state index < -0.39 is 0 Å². The molecule has 0 bridgehead atoms. The summed E-state index contributed by atoms with van der Waals surface area (Å²) in [7, 11) is 0. The number of hydrogen-bond donors (Lipinski definition) is 0. The fourth-order valence-electron chi connectivity index (χ4n) is 3.57. The molecule has 1 fully saturated rings. The number of likely N-dealkylation sites (tertiary alicyclic amines) is 1. The molecule has 1 aromatic carbocycles. The molecule has 2 aliphatic rings. The van der Waals surface area contributed by atoms with Gasteiger partial charge >= 0.3 is 0 Å². The average molecular weight is 330 g/mol. The van der Waals surface area contributed by atoms with Crippen molar-refractivity contribution in [3.05, 3.63) is 41.3 Å². The topological polar surface area (TPSA) is 40.6 Å². The van der Waals surface area contributed by atoms with Crippen LogP contribution in [0, 0.1) is 11.7 Å². The summed E-state index contributed by atoms with van der Waals surface area (Å²) in [5.41, 5.74) is 1.49. The van der Waals surface area contributed by atoms with Gasteiger partial charge in [0.1, 0.15) is 11.5 Å². The second-order valence-electron chi connectivity index (χ2n) is 7.00. The van der Waals surface area contributed by atoms with Crippen LogP contribution in [0.1, 0.15) is 39.2 Å². The monoisotopic (exact) mass is 330 g/mol. The lowest BCUT2D eigenvalue weighted by molar-refractivity contribution is -0.139. The van der Waals surface area contributed by atoms with Gasteiger partial charge in [-0.05, 0) is 50.3 Å². The number of benzene rings is 1. The van der Waals surface area contributed by atoms with Gasteiger partial charge in [-0.15, -0.1) is 0 Å². The standard InChI is InChI=1S/C19H23FN2O2/c1-12(2)22-18(23)16(14-6-8-15(20)9-7-14)17(19(22)24)21-10-4-5-13(3)11-21/h6-9,12-13H,4-5,10-11H2,1-3H3. The van der Waals surface area contributed by atoms with Crippen LogP contribution in [0.15, 0.2) is 30.0 Å². The predicted molar refractivity (Wildman–Crippen MR) is 90.3 cm³/mol. The SMILES string of the molecule is CC1CCCN(C2=C(c3ccc(F)cc3)C(=O)N(C(C)C)C2=O)C1. The third-order valence-electron chi connectivity index (χ3n) is 4.71. The number of nitrogens with zero attached hydrogens (tertiary/aromatic N) is 2. The van der Waals surface area contributed by atoms with Crippen molar-refractivity contribution in [1.82, 2.24) is 9.80 Å². The molecule has 1 atom stereocenters. The molecule has 0 aromatic heterocycles. The molecule has 3 rings (SSSR count). The summed E-state index contributed by atoms with van der Waals surface area (Å²) in [6.45, 7) is 7.37. The number of hydrogen-bond acceptors (Lipinski definition) is 3. The lowest BCUT2D eigenvalue weighted by Gasteiger charge is -2.33. The Kier molecular flexibility index (Phi) is 4.43. The summed E-state index contributed by atoms with van der Waals surface area (Å²) >= 11 is 0. The first-order valence-corrected chi connectivity index (χ1v) is 8.53. The van der Waals surface area contributed by atoms with Crippen molar-refractivity contribution >= 4 is 17.4 Å². The van der Waals surface area contributed by atoms with E-state index in [0.717, 1.165) is 25.9 Å². The van der Waals surface area contributed by atoms with Gasteiger partial charge in [-0.25, -0.2) is 4.39 Å². The van der Waals surface area contributed by atoms with Gasteiger partial charge in [0.15, 0.2) is 0 Å². The lowest BCUT2D eigenvalue weighted by atomic mass is 9.98. The van der Waals surface area contributed by atoms with E-state index in [1.807, 2.05) is 18.7 Å². The first-order valence-electron chi connectivity index (χ1n) is 8.53. The third kappa shape index (κ3) is 2.83. The van der Waals surface area contributed by atoms with Crippen molar-refractivity contribution in [3.63, 3.8) is 0 Å². The van der Waals surface area contributed by atoms with Crippen molar-refractivity contribution in [2.24, 2.45) is 5.92 Å². The van der Waals surface area contributed by atoms with Gasteiger partial charge in [0.2, 0.25) is 0 Å². The lowest BCUT2D eigenvalue weighted by Crippen LogP contribution is -2.41. The van der Waals surface area contributed by atoms with E-state index in [9.17, 15) is 14.0 Å². The van der Waals surface area contributed by atoms with Crippen LogP contribution in [0.5, 0.6) is 0 Å². The number of rotatable bonds is 3. The van der Waals surface area contributed by atoms with Crippen LogP contribution in [0.2, 0.25) is 0 Å². The maximum absolute atomic E-state index is 13.3. The number of halogens is 1. The van der Waals surface area contributed by atoms with E-state index in [4.69, 9.17) is 0 Å². The van der Waals surface area contributed by atoms with Crippen molar-refractivity contribution in [1.29, 1.82) is 0 Å². The van der Waals surface area contributed by atoms with Crippen molar-refractivity contribution < 1.29 is 14.0 Å². The van der Waals surface area contributed by atoms with E-state index >= 15 is 0 Å². The molecule has 1 unspecified atom stereocenters. The highest BCUT2D eigenvalue weighted by Crippen LogP contribution is 2.34. The van der Waals surface area contributed by atoms with Crippen LogP contribution in [-0.2, 0) is 9.59 Å². The Balaban J connectivity index is 2.10. The van der Waals surface area contributed by atoms with Gasteiger partial charge in [0.25, 0.3) is 11.8 Å². The Morgan fingerprint density at radius 1 is 1.12 bits per heavy atom. The van der Waals surface area contributed by atoms with E-state index in [1.54, 1.807) is 12.1 Å². The van der Waals surface area contributed by atoms with Gasteiger partial charge in [-0.3, -0.25) is 14.5 Å². The molecular weight excluding hydrogens is 307 g/mol. The fraction of sp³-hybridized carbons (Fsp3) is 0.474. The highest BCUT2D eigenvalue weighted by atomic mass is 19.1. The minimum Gasteiger partial charge on any atom is -0.366 e. The molecule has 24 heavy (non-hydrogen) atoms. The molecule has 128 valence electrons. The third-order valence-corrected chi connectivity index (χ3v) is 4.71. The number of imide groups is 1. The summed E-state index contributed by atoms with van der Waals surface area (Å²) < 4.78 is 13.3. The fourth-order valence-corrected chi connectivity index (χ4v) is 3.57. The van der Waals surface area contributed by atoms with E-state index in [1.165, 1.54) is 17.0 Å². The molecule has 0 spiro atoms. The molecule has 1 aromatic rings. The van der Waals surface area contributed by atoms with E-state index in [-0.39, 0.29) is 23.7 Å². The maximum atomic E-state index is 13.3. The normalized spacial score (nSPS) is 22.1. The van der Waals surface area contributed by atoms with Gasteiger partial charge < -0.3 is 4.90 Å². The number of carbonyl (C=O) groups excluding carboxylic acids is 2. The van der Waals surface area contributed by atoms with Crippen LogP contribution < -0.4 is 0 Å². The predicted octanol–water partition coefficient (Wildman–Crippen LogP) is 3.05. The Bertz CT molecular complexity index is 694. The summed E-state index contributed by atoms with van der Waals surface area (Å²) in [5, 5.41) is 0. The molecule has 1 saturated heterocycles. The quantitative estimate of drug-likeness (QED) is 0.800. The molecule has 0 N–H and O–H groups in total. The van der Waals surface area contributed by atoms with Crippen LogP contribution in [0.4, 0.5) is 4.39 Å². The second-order valence-corrected chi connectivity index (χ2v) is 7.00. The second kappa shape index (κ2) is 6.38. The van der Waals surface area contributed by atoms with Crippen LogP contribution in [-0.4, -0.2) is 40.7 Å². The number of carbonyl (C=O) groups is 2. The summed E-state index contributed by atoms with van der Waals surface area (Å²) in [5.74, 6) is -0.389. The van der Waals surface area contributed by atoms with Crippen LogP contribution in [0.3, 0.4) is 0 Å². The van der Waals surface area contributed by atoms with Gasteiger partial charge in [-0.1, -0.05) is 19.1 Å². The first kappa shape index (κ1) is 16.7. The van der Waals surface area contributed by atoms with Crippen LogP contribution in [0.25, 0.3) is 5.57 Å². The zero-order valence-corrected chi connectivity index (χ0v) is 14.4. The summed E-state index contributed by atoms with van der Waals surface area (Å²) in [6.07, 6.45) is 2.14. The van der Waals surface area contributed by atoms with Crippen molar-refractivity contribution in [3.8, 4) is 0 Å². The van der Waals surface area contributed by atoms with Gasteiger partial charge in [0, 0.05) is 19.1 Å². The molecule has 0 saturated carbocycles. The number of amides is 2. The van der Waals surface area contributed by atoms with Crippen molar-refractivity contribution in [2.75, 3.05) is 13.1 Å². The Morgan fingerprint density at radius 3 is 2.38 bits per heavy atom. The van der Waals surface area contributed by atoms with Gasteiger partial charge in [-0.2, -0.15) is 0 Å². The summed E-state index contributed by atoms with van der Waals surface area (Å²) in [4.78, 5) is 29.2.